The summed E-state index contributed by atoms with van der Waals surface area (Å²) in [7, 11) is 1.46. The number of carbonyl (C=O) groups is 2. The minimum Gasteiger partial charge on any atom is -0.382 e. The van der Waals surface area contributed by atoms with Gasteiger partial charge in [-0.1, -0.05) is 0 Å². The summed E-state index contributed by atoms with van der Waals surface area (Å²) >= 11 is 0. The van der Waals surface area contributed by atoms with Gasteiger partial charge in [-0.25, -0.2) is 14.6 Å². The van der Waals surface area contributed by atoms with E-state index in [9.17, 15) is 27.2 Å². The van der Waals surface area contributed by atoms with Crippen molar-refractivity contribution in [3.05, 3.63) is 29.6 Å². The van der Waals surface area contributed by atoms with E-state index in [1.807, 2.05) is 16.2 Å². The lowest BCUT2D eigenvalue weighted by Gasteiger charge is -2.14. The van der Waals surface area contributed by atoms with Gasteiger partial charge in [0.1, 0.15) is 11.9 Å². The predicted octanol–water partition coefficient (Wildman–Crippen LogP) is 2.05. The molecule has 0 saturated heterocycles. The quantitative estimate of drug-likeness (QED) is 0.408. The lowest BCUT2D eigenvalue weighted by atomic mass is 10.2. The number of halogens is 4. The third kappa shape index (κ3) is 6.93. The molecule has 0 bridgehead atoms. The van der Waals surface area contributed by atoms with Crippen LogP contribution >= 0.6 is 0 Å². The van der Waals surface area contributed by atoms with E-state index in [4.69, 9.17) is 9.47 Å². The Morgan fingerprint density at radius 2 is 1.88 bits per heavy atom. The highest BCUT2D eigenvalue weighted by atomic mass is 19.4. The molecule has 7 nitrogen and oxygen atoms in total. The van der Waals surface area contributed by atoms with E-state index in [0.717, 1.165) is 6.07 Å². The summed E-state index contributed by atoms with van der Waals surface area (Å²) in [5.41, 5.74) is 2.14. The summed E-state index contributed by atoms with van der Waals surface area (Å²) in [6, 6.07) is 0.940. The molecule has 0 saturated carbocycles. The number of amides is 3. The lowest BCUT2D eigenvalue weighted by molar-refractivity contribution is -0.140. The largest absolute Gasteiger partial charge is 0.419 e. The first kappa shape index (κ1) is 20.6. The Morgan fingerprint density at radius 1 is 1.20 bits per heavy atom. The molecule has 0 aliphatic heterocycles. The summed E-state index contributed by atoms with van der Waals surface area (Å²) in [4.78, 5) is 23.2. The average molecular weight is 367 g/mol. The Balaban J connectivity index is 2.53. The van der Waals surface area contributed by atoms with Crippen LogP contribution in [-0.4, -0.2) is 38.4 Å². The minimum atomic E-state index is -4.90. The molecular formula is C14H17F4N3O4. The van der Waals surface area contributed by atoms with Crippen molar-refractivity contribution in [1.82, 2.24) is 10.9 Å². The molecule has 1 aromatic carbocycles. The molecule has 0 aliphatic rings. The molecule has 0 radical (unpaired) electrons. The van der Waals surface area contributed by atoms with Crippen LogP contribution in [0.5, 0.6) is 0 Å². The van der Waals surface area contributed by atoms with Crippen molar-refractivity contribution in [2.24, 2.45) is 0 Å². The number of ether oxygens (including phenoxy) is 2. The number of urea groups is 1. The summed E-state index contributed by atoms with van der Waals surface area (Å²) in [6.45, 7) is 1.87. The molecule has 0 heterocycles. The van der Waals surface area contributed by atoms with Crippen LogP contribution in [-0.2, 0) is 20.4 Å². The second kappa shape index (κ2) is 9.18. The first-order valence-electron chi connectivity index (χ1n) is 6.99. The van der Waals surface area contributed by atoms with Crippen LogP contribution in [0.15, 0.2) is 18.2 Å². The maximum absolute atomic E-state index is 13.1. The number of methoxy groups -OCH3 is 1. The number of hydrogen-bond acceptors (Lipinski definition) is 4. The maximum Gasteiger partial charge on any atom is 0.419 e. The standard InChI is InChI=1S/C14H17F4N3O4/c1-8(25-6-5-24-2)12(22)20-21-13(23)19-9-3-4-11(15)10(7-9)14(16,17)18/h3-4,7-8H,5-6H2,1-2H3,(H,20,22)(H2,19,21,23). The Bertz CT molecular complexity index is 610. The topological polar surface area (TPSA) is 88.7 Å². The molecule has 25 heavy (non-hydrogen) atoms. The number of anilines is 1. The van der Waals surface area contributed by atoms with Gasteiger partial charge >= 0.3 is 12.2 Å². The molecule has 0 aromatic heterocycles. The third-order valence-corrected chi connectivity index (χ3v) is 2.85. The van der Waals surface area contributed by atoms with Gasteiger partial charge in [0.2, 0.25) is 0 Å². The Morgan fingerprint density at radius 3 is 2.48 bits per heavy atom. The minimum absolute atomic E-state index is 0.160. The smallest absolute Gasteiger partial charge is 0.382 e. The van der Waals surface area contributed by atoms with Crippen LogP contribution < -0.4 is 16.2 Å². The molecular weight excluding hydrogens is 350 g/mol. The van der Waals surface area contributed by atoms with Gasteiger partial charge in [-0.3, -0.25) is 10.2 Å². The van der Waals surface area contributed by atoms with E-state index >= 15 is 0 Å². The normalized spacial score (nSPS) is 12.4. The van der Waals surface area contributed by atoms with Gasteiger partial charge < -0.3 is 14.8 Å². The SMILES string of the molecule is COCCOC(C)C(=O)NNC(=O)Nc1ccc(F)c(C(F)(F)F)c1. The van der Waals surface area contributed by atoms with Crippen LogP contribution in [0.3, 0.4) is 0 Å². The summed E-state index contributed by atoms with van der Waals surface area (Å²) in [5, 5.41) is 2.04. The van der Waals surface area contributed by atoms with Gasteiger partial charge in [0.25, 0.3) is 5.91 Å². The fourth-order valence-electron chi connectivity index (χ4n) is 1.59. The molecule has 1 atom stereocenters. The fraction of sp³-hybridized carbons (Fsp3) is 0.429. The zero-order chi connectivity index (χ0) is 19.0. The second-order valence-electron chi connectivity index (χ2n) is 4.77. The van der Waals surface area contributed by atoms with E-state index in [0.29, 0.717) is 12.1 Å². The monoisotopic (exact) mass is 367 g/mol. The number of alkyl halides is 3. The summed E-state index contributed by atoms with van der Waals surface area (Å²) < 4.78 is 60.7. The van der Waals surface area contributed by atoms with Crippen molar-refractivity contribution in [1.29, 1.82) is 0 Å². The molecule has 0 spiro atoms. The van der Waals surface area contributed by atoms with Crippen molar-refractivity contribution in [2.75, 3.05) is 25.6 Å². The summed E-state index contributed by atoms with van der Waals surface area (Å²) in [6.07, 6.45) is -5.79. The van der Waals surface area contributed by atoms with Crippen molar-refractivity contribution >= 4 is 17.6 Å². The van der Waals surface area contributed by atoms with Gasteiger partial charge in [0.15, 0.2) is 0 Å². The summed E-state index contributed by atoms with van der Waals surface area (Å²) in [5.74, 6) is -2.14. The highest BCUT2D eigenvalue weighted by molar-refractivity contribution is 5.91. The van der Waals surface area contributed by atoms with Crippen LogP contribution in [0.25, 0.3) is 0 Å². The van der Waals surface area contributed by atoms with Crippen molar-refractivity contribution in [3.63, 3.8) is 0 Å². The first-order chi connectivity index (χ1) is 11.6. The number of benzene rings is 1. The molecule has 140 valence electrons. The number of nitrogens with one attached hydrogen (secondary N) is 3. The van der Waals surface area contributed by atoms with Gasteiger partial charge in [0, 0.05) is 12.8 Å². The van der Waals surface area contributed by atoms with Crippen molar-refractivity contribution < 1.29 is 36.6 Å². The van der Waals surface area contributed by atoms with Crippen molar-refractivity contribution in [3.8, 4) is 0 Å². The zero-order valence-electron chi connectivity index (χ0n) is 13.4. The van der Waals surface area contributed by atoms with Gasteiger partial charge in [-0.05, 0) is 25.1 Å². The molecule has 3 amide bonds. The van der Waals surface area contributed by atoms with E-state index in [1.165, 1.54) is 14.0 Å². The highest BCUT2D eigenvalue weighted by Gasteiger charge is 2.34. The van der Waals surface area contributed by atoms with Crippen LogP contribution in [0, 0.1) is 5.82 Å². The molecule has 3 N–H and O–H groups in total. The Kier molecular flexibility index (Phi) is 7.58. The van der Waals surface area contributed by atoms with Crippen LogP contribution in [0.1, 0.15) is 12.5 Å². The second-order valence-corrected chi connectivity index (χ2v) is 4.77. The zero-order valence-corrected chi connectivity index (χ0v) is 13.4. The van der Waals surface area contributed by atoms with E-state index < -0.39 is 35.6 Å². The predicted molar refractivity (Wildman–Crippen MR) is 79.0 cm³/mol. The molecule has 0 aliphatic carbocycles. The van der Waals surface area contributed by atoms with E-state index in [2.05, 4.69) is 0 Å². The Hall–Kier alpha value is -2.40. The van der Waals surface area contributed by atoms with Crippen LogP contribution in [0.2, 0.25) is 0 Å². The third-order valence-electron chi connectivity index (χ3n) is 2.85. The lowest BCUT2D eigenvalue weighted by Crippen LogP contribution is -2.48. The van der Waals surface area contributed by atoms with Crippen LogP contribution in [0.4, 0.5) is 28.0 Å². The van der Waals surface area contributed by atoms with Crippen molar-refractivity contribution in [2.45, 2.75) is 19.2 Å². The number of rotatable bonds is 6. The number of carbonyl (C=O) groups excluding carboxylic acids is 2. The average Bonchev–Trinajstić information content (AvgIpc) is 2.53. The molecule has 11 heteroatoms. The van der Waals surface area contributed by atoms with Gasteiger partial charge in [0.05, 0.1) is 18.8 Å². The maximum atomic E-state index is 13.1. The number of hydrazine groups is 1. The fourth-order valence-corrected chi connectivity index (χ4v) is 1.59. The molecule has 1 unspecified atom stereocenters. The van der Waals surface area contributed by atoms with Gasteiger partial charge in [-0.2, -0.15) is 13.2 Å². The molecule has 0 fully saturated rings. The Labute approximate surface area is 140 Å². The highest BCUT2D eigenvalue weighted by Crippen LogP contribution is 2.32. The molecule has 1 rings (SSSR count). The molecule has 1 aromatic rings. The first-order valence-corrected chi connectivity index (χ1v) is 6.99. The van der Waals surface area contributed by atoms with E-state index in [1.54, 1.807) is 0 Å². The van der Waals surface area contributed by atoms with E-state index in [-0.39, 0.29) is 18.9 Å². The van der Waals surface area contributed by atoms with Gasteiger partial charge in [-0.15, -0.1) is 0 Å². The number of hydrogen-bond donors (Lipinski definition) is 3.